The lowest BCUT2D eigenvalue weighted by Gasteiger charge is -2.14. The third-order valence-corrected chi connectivity index (χ3v) is 3.60. The number of nitrogens with one attached hydrogen (secondary N) is 2. The van der Waals surface area contributed by atoms with Crippen LogP contribution in [0.2, 0.25) is 0 Å². The molecule has 0 unspecified atom stereocenters. The van der Waals surface area contributed by atoms with Gasteiger partial charge in [0.15, 0.2) is 0 Å². The minimum Gasteiger partial charge on any atom is -0.493 e. The number of alkyl halides is 3. The molecule has 2 aromatic carbocycles. The lowest BCUT2D eigenvalue weighted by atomic mass is 10.1. The molecule has 1 amide bonds. The van der Waals surface area contributed by atoms with Crippen molar-refractivity contribution in [2.45, 2.75) is 26.4 Å². The highest BCUT2D eigenvalue weighted by molar-refractivity contribution is 5.94. The van der Waals surface area contributed by atoms with E-state index in [0.717, 1.165) is 11.1 Å². The third-order valence-electron chi connectivity index (χ3n) is 3.60. The summed E-state index contributed by atoms with van der Waals surface area (Å²) in [6.07, 6.45) is -4.25. The highest BCUT2D eigenvalue weighted by Gasteiger charge is 2.27. The Morgan fingerprint density at radius 2 is 1.77 bits per heavy atom. The van der Waals surface area contributed by atoms with Crippen LogP contribution in [0.3, 0.4) is 0 Å². The fourth-order valence-corrected chi connectivity index (χ4v) is 2.37. The highest BCUT2D eigenvalue weighted by atomic mass is 19.4. The molecule has 0 radical (unpaired) electrons. The predicted octanol–water partition coefficient (Wildman–Crippen LogP) is 4.69. The molecule has 2 rings (SSSR count). The predicted molar refractivity (Wildman–Crippen MR) is 95.6 cm³/mol. The second kappa shape index (κ2) is 8.60. The topological polar surface area (TPSA) is 50.4 Å². The Hall–Kier alpha value is -2.70. The first-order valence-electron chi connectivity index (χ1n) is 8.14. The SMILES string of the molecule is Cc1ccc(OCCC(=O)Nc2ccccc2NCC(F)(F)F)c(C)c1. The van der Waals surface area contributed by atoms with Gasteiger partial charge in [0.25, 0.3) is 0 Å². The van der Waals surface area contributed by atoms with Crippen molar-refractivity contribution >= 4 is 17.3 Å². The molecule has 0 aromatic heterocycles. The van der Waals surface area contributed by atoms with E-state index in [4.69, 9.17) is 4.74 Å². The lowest BCUT2D eigenvalue weighted by molar-refractivity contribution is -0.116. The zero-order valence-electron chi connectivity index (χ0n) is 14.6. The number of rotatable bonds is 7. The molecular weight excluding hydrogens is 345 g/mol. The van der Waals surface area contributed by atoms with Gasteiger partial charge >= 0.3 is 6.18 Å². The number of benzene rings is 2. The molecule has 0 heterocycles. The van der Waals surface area contributed by atoms with Crippen molar-refractivity contribution in [2.24, 2.45) is 0 Å². The van der Waals surface area contributed by atoms with Gasteiger partial charge in [0.05, 0.1) is 24.4 Å². The lowest BCUT2D eigenvalue weighted by Crippen LogP contribution is -2.22. The summed E-state index contributed by atoms with van der Waals surface area (Å²) in [6.45, 7) is 2.91. The van der Waals surface area contributed by atoms with Crippen LogP contribution in [-0.2, 0) is 4.79 Å². The van der Waals surface area contributed by atoms with E-state index in [0.29, 0.717) is 11.4 Å². The molecule has 4 nitrogen and oxygen atoms in total. The summed E-state index contributed by atoms with van der Waals surface area (Å²) in [5.41, 5.74) is 2.62. The number of para-hydroxylation sites is 2. The molecule has 0 aliphatic carbocycles. The molecule has 0 saturated carbocycles. The largest absolute Gasteiger partial charge is 0.493 e. The normalized spacial score (nSPS) is 11.1. The van der Waals surface area contributed by atoms with Crippen molar-refractivity contribution in [2.75, 3.05) is 23.8 Å². The van der Waals surface area contributed by atoms with Gasteiger partial charge in [0.1, 0.15) is 12.3 Å². The maximum Gasteiger partial charge on any atom is 0.405 e. The molecule has 0 bridgehead atoms. The molecule has 7 heteroatoms. The van der Waals surface area contributed by atoms with Crippen molar-refractivity contribution in [1.29, 1.82) is 0 Å². The minimum atomic E-state index is -4.34. The van der Waals surface area contributed by atoms with Gasteiger partial charge in [-0.2, -0.15) is 13.2 Å². The van der Waals surface area contributed by atoms with Crippen LogP contribution in [0.5, 0.6) is 5.75 Å². The molecule has 0 aliphatic heterocycles. The summed E-state index contributed by atoms with van der Waals surface area (Å²) in [5.74, 6) is 0.367. The number of amides is 1. The number of ether oxygens (including phenoxy) is 1. The number of anilines is 2. The fraction of sp³-hybridized carbons (Fsp3) is 0.316. The summed E-state index contributed by atoms with van der Waals surface area (Å²) in [7, 11) is 0. The first-order valence-corrected chi connectivity index (χ1v) is 8.14. The Labute approximate surface area is 150 Å². The van der Waals surface area contributed by atoms with Crippen molar-refractivity contribution < 1.29 is 22.7 Å². The van der Waals surface area contributed by atoms with Gasteiger partial charge < -0.3 is 15.4 Å². The van der Waals surface area contributed by atoms with Gasteiger partial charge in [0.2, 0.25) is 5.91 Å². The second-order valence-electron chi connectivity index (χ2n) is 5.93. The quantitative estimate of drug-likeness (QED) is 0.748. The zero-order chi connectivity index (χ0) is 19.2. The molecule has 0 saturated heterocycles. The fourth-order valence-electron chi connectivity index (χ4n) is 2.37. The van der Waals surface area contributed by atoms with E-state index in [1.54, 1.807) is 18.2 Å². The molecule has 26 heavy (non-hydrogen) atoms. The van der Waals surface area contributed by atoms with Crippen molar-refractivity contribution in [3.05, 3.63) is 53.6 Å². The van der Waals surface area contributed by atoms with Crippen LogP contribution < -0.4 is 15.4 Å². The van der Waals surface area contributed by atoms with E-state index < -0.39 is 12.7 Å². The van der Waals surface area contributed by atoms with Crippen molar-refractivity contribution in [3.63, 3.8) is 0 Å². The summed E-state index contributed by atoms with van der Waals surface area (Å²) in [5, 5.41) is 4.89. The molecule has 0 spiro atoms. The maximum absolute atomic E-state index is 12.4. The number of hydrogen-bond acceptors (Lipinski definition) is 3. The van der Waals surface area contributed by atoms with E-state index in [1.807, 2.05) is 32.0 Å². The van der Waals surface area contributed by atoms with Gasteiger partial charge in [-0.3, -0.25) is 4.79 Å². The summed E-state index contributed by atoms with van der Waals surface area (Å²) in [4.78, 5) is 12.1. The van der Waals surface area contributed by atoms with Crippen LogP contribution in [0.1, 0.15) is 17.5 Å². The number of carbonyl (C=O) groups is 1. The third kappa shape index (κ3) is 6.31. The Morgan fingerprint density at radius 1 is 1.08 bits per heavy atom. The minimum absolute atomic E-state index is 0.0842. The number of halogens is 3. The van der Waals surface area contributed by atoms with Gasteiger partial charge in [-0.1, -0.05) is 29.8 Å². The van der Waals surface area contributed by atoms with E-state index in [1.165, 1.54) is 6.07 Å². The first-order chi connectivity index (χ1) is 12.2. The summed E-state index contributed by atoms with van der Waals surface area (Å²) < 4.78 is 42.7. The van der Waals surface area contributed by atoms with Crippen molar-refractivity contribution in [3.8, 4) is 5.75 Å². The monoisotopic (exact) mass is 366 g/mol. The molecule has 140 valence electrons. The maximum atomic E-state index is 12.4. The number of carbonyl (C=O) groups excluding carboxylic acids is 1. The Kier molecular flexibility index (Phi) is 6.49. The number of hydrogen-bond donors (Lipinski definition) is 2. The van der Waals surface area contributed by atoms with Gasteiger partial charge in [-0.15, -0.1) is 0 Å². The van der Waals surface area contributed by atoms with E-state index in [-0.39, 0.29) is 24.6 Å². The van der Waals surface area contributed by atoms with Crippen LogP contribution in [0.4, 0.5) is 24.5 Å². The van der Waals surface area contributed by atoms with Gasteiger partial charge in [0, 0.05) is 0 Å². The Bertz CT molecular complexity index is 761. The van der Waals surface area contributed by atoms with Gasteiger partial charge in [-0.05, 0) is 37.6 Å². The molecule has 2 N–H and O–H groups in total. The summed E-state index contributed by atoms with van der Waals surface area (Å²) >= 11 is 0. The first kappa shape index (κ1) is 19.6. The van der Waals surface area contributed by atoms with Crippen LogP contribution in [0, 0.1) is 13.8 Å². The highest BCUT2D eigenvalue weighted by Crippen LogP contribution is 2.24. The molecule has 2 aromatic rings. The van der Waals surface area contributed by atoms with E-state index >= 15 is 0 Å². The Balaban J connectivity index is 1.87. The second-order valence-corrected chi connectivity index (χ2v) is 5.93. The molecule has 0 aliphatic rings. The summed E-state index contributed by atoms with van der Waals surface area (Å²) in [6, 6.07) is 12.0. The van der Waals surface area contributed by atoms with Crippen LogP contribution in [0.25, 0.3) is 0 Å². The van der Waals surface area contributed by atoms with E-state index in [2.05, 4.69) is 10.6 Å². The smallest absolute Gasteiger partial charge is 0.405 e. The molecule has 0 fully saturated rings. The average molecular weight is 366 g/mol. The van der Waals surface area contributed by atoms with E-state index in [9.17, 15) is 18.0 Å². The van der Waals surface area contributed by atoms with Crippen LogP contribution in [-0.4, -0.2) is 25.2 Å². The Morgan fingerprint density at radius 3 is 2.42 bits per heavy atom. The molecular formula is C19H21F3N2O2. The molecule has 0 atom stereocenters. The van der Waals surface area contributed by atoms with Crippen LogP contribution in [0.15, 0.2) is 42.5 Å². The van der Waals surface area contributed by atoms with Crippen LogP contribution >= 0.6 is 0 Å². The zero-order valence-corrected chi connectivity index (χ0v) is 14.6. The van der Waals surface area contributed by atoms with Crippen molar-refractivity contribution in [1.82, 2.24) is 0 Å². The average Bonchev–Trinajstić information content (AvgIpc) is 2.55. The number of aryl methyl sites for hydroxylation is 2. The van der Waals surface area contributed by atoms with Gasteiger partial charge in [-0.25, -0.2) is 0 Å². The standard InChI is InChI=1S/C19H21F3N2O2/c1-13-7-8-17(14(2)11-13)26-10-9-18(25)24-16-6-4-3-5-15(16)23-12-19(20,21)22/h3-8,11,23H,9-10,12H2,1-2H3,(H,24,25).